The second kappa shape index (κ2) is 6.54. The zero-order valence-corrected chi connectivity index (χ0v) is 13.8. The molecule has 1 amide bonds. The van der Waals surface area contributed by atoms with E-state index in [9.17, 15) is 4.79 Å². The number of carbonyl (C=O) groups is 1. The number of amides is 1. The van der Waals surface area contributed by atoms with E-state index < -0.39 is 0 Å². The summed E-state index contributed by atoms with van der Waals surface area (Å²) in [6, 6.07) is 2.21. The summed E-state index contributed by atoms with van der Waals surface area (Å²) in [6.45, 7) is 3.85. The molecule has 1 fully saturated rings. The largest absolute Gasteiger partial charge is 0.375 e. The van der Waals surface area contributed by atoms with Gasteiger partial charge in [0.25, 0.3) is 0 Å². The lowest BCUT2D eigenvalue weighted by Gasteiger charge is -2.42. The van der Waals surface area contributed by atoms with Crippen LogP contribution >= 0.6 is 0 Å². The summed E-state index contributed by atoms with van der Waals surface area (Å²) < 4.78 is 4.98. The second-order valence-electron chi connectivity index (χ2n) is 6.15. The van der Waals surface area contributed by atoms with Crippen molar-refractivity contribution in [2.24, 2.45) is 5.92 Å². The Bertz CT molecular complexity index is 686. The molecular weight excluding hydrogens is 294 g/mol. The molecule has 2 aromatic heterocycles. The van der Waals surface area contributed by atoms with Crippen LogP contribution in [0.1, 0.15) is 13.3 Å². The van der Waals surface area contributed by atoms with E-state index in [1.165, 1.54) is 0 Å². The van der Waals surface area contributed by atoms with Crippen LogP contribution in [0.4, 0.5) is 5.82 Å². The van der Waals surface area contributed by atoms with Crippen LogP contribution in [0.3, 0.4) is 0 Å². The minimum absolute atomic E-state index is 0.0484. The van der Waals surface area contributed by atoms with Gasteiger partial charge in [0, 0.05) is 33.4 Å². The number of ether oxygens (including phenoxy) is 1. The monoisotopic (exact) mass is 317 g/mol. The molecule has 3 rings (SSSR count). The molecule has 2 atom stereocenters. The number of rotatable bonds is 4. The minimum Gasteiger partial charge on any atom is -0.375 e. The van der Waals surface area contributed by atoms with Crippen molar-refractivity contribution in [1.29, 1.82) is 0 Å². The summed E-state index contributed by atoms with van der Waals surface area (Å²) in [7, 11) is 3.60. The first-order valence-electron chi connectivity index (χ1n) is 7.89. The van der Waals surface area contributed by atoms with Gasteiger partial charge in [-0.15, -0.1) is 0 Å². The first-order chi connectivity index (χ1) is 11.1. The molecule has 1 aliphatic rings. The quantitative estimate of drug-likeness (QED) is 0.919. The van der Waals surface area contributed by atoms with Gasteiger partial charge in [-0.05, 0) is 18.4 Å². The van der Waals surface area contributed by atoms with Crippen LogP contribution in [0, 0.1) is 5.92 Å². The van der Waals surface area contributed by atoms with Crippen LogP contribution in [0.25, 0.3) is 11.0 Å². The summed E-state index contributed by atoms with van der Waals surface area (Å²) in [4.78, 5) is 28.0. The third-order valence-corrected chi connectivity index (χ3v) is 4.70. The van der Waals surface area contributed by atoms with Gasteiger partial charge < -0.3 is 19.5 Å². The molecule has 0 bridgehead atoms. The second-order valence-corrected chi connectivity index (χ2v) is 6.15. The van der Waals surface area contributed by atoms with Gasteiger partial charge in [-0.2, -0.15) is 0 Å². The van der Waals surface area contributed by atoms with Gasteiger partial charge >= 0.3 is 0 Å². The number of piperidine rings is 1. The summed E-state index contributed by atoms with van der Waals surface area (Å²) in [5, 5.41) is 1.00. The van der Waals surface area contributed by atoms with E-state index in [-0.39, 0.29) is 18.6 Å². The van der Waals surface area contributed by atoms with E-state index in [2.05, 4.69) is 26.8 Å². The Morgan fingerprint density at radius 2 is 2.35 bits per heavy atom. The number of nitrogens with zero attached hydrogens (tertiary/aromatic N) is 4. The van der Waals surface area contributed by atoms with Crippen molar-refractivity contribution in [3.8, 4) is 0 Å². The summed E-state index contributed by atoms with van der Waals surface area (Å²) >= 11 is 0. The van der Waals surface area contributed by atoms with Crippen LogP contribution in [0.2, 0.25) is 0 Å². The predicted octanol–water partition coefficient (Wildman–Crippen LogP) is 1.28. The smallest absolute Gasteiger partial charge is 0.248 e. The van der Waals surface area contributed by atoms with Gasteiger partial charge in [-0.3, -0.25) is 4.79 Å². The fourth-order valence-electron chi connectivity index (χ4n) is 3.29. The van der Waals surface area contributed by atoms with Crippen molar-refractivity contribution >= 4 is 22.8 Å². The fraction of sp³-hybridized carbons (Fsp3) is 0.562. The average Bonchev–Trinajstić information content (AvgIpc) is 3.03. The average molecular weight is 317 g/mol. The van der Waals surface area contributed by atoms with E-state index in [1.54, 1.807) is 13.4 Å². The number of H-pyrrole nitrogens is 1. The van der Waals surface area contributed by atoms with Gasteiger partial charge in [0.15, 0.2) is 0 Å². The number of likely N-dealkylation sites (tertiary alicyclic amines) is 1. The number of methoxy groups -OCH3 is 1. The first kappa shape index (κ1) is 15.7. The van der Waals surface area contributed by atoms with Crippen LogP contribution in [0.15, 0.2) is 18.6 Å². The normalized spacial score (nSPS) is 21.6. The van der Waals surface area contributed by atoms with Crippen molar-refractivity contribution in [2.75, 3.05) is 38.8 Å². The molecule has 0 aromatic carbocycles. The van der Waals surface area contributed by atoms with Crippen molar-refractivity contribution in [3.05, 3.63) is 18.6 Å². The SMILES string of the molecule is COCC(=O)N1CCC(C)C(N(C)c2ncnc3[nH]ccc23)C1. The van der Waals surface area contributed by atoms with Crippen LogP contribution in [0.5, 0.6) is 0 Å². The minimum atomic E-state index is 0.0484. The number of aromatic nitrogens is 3. The van der Waals surface area contributed by atoms with Crippen molar-refractivity contribution in [2.45, 2.75) is 19.4 Å². The molecule has 23 heavy (non-hydrogen) atoms. The highest BCUT2D eigenvalue weighted by Crippen LogP contribution is 2.28. The molecule has 1 saturated heterocycles. The Kier molecular flexibility index (Phi) is 4.47. The van der Waals surface area contributed by atoms with Gasteiger partial charge in [0.2, 0.25) is 5.91 Å². The van der Waals surface area contributed by atoms with Gasteiger partial charge in [0.1, 0.15) is 24.4 Å². The number of carbonyl (C=O) groups excluding carboxylic acids is 1. The molecule has 124 valence electrons. The zero-order valence-electron chi connectivity index (χ0n) is 13.8. The van der Waals surface area contributed by atoms with Gasteiger partial charge in [0.05, 0.1) is 11.4 Å². The number of likely N-dealkylation sites (N-methyl/N-ethyl adjacent to an activating group) is 1. The summed E-state index contributed by atoms with van der Waals surface area (Å²) in [5.74, 6) is 1.43. The highest BCUT2D eigenvalue weighted by atomic mass is 16.5. The Hall–Kier alpha value is -2.15. The van der Waals surface area contributed by atoms with E-state index >= 15 is 0 Å². The molecule has 3 heterocycles. The molecule has 0 radical (unpaired) electrons. The van der Waals surface area contributed by atoms with Crippen LogP contribution < -0.4 is 4.90 Å². The van der Waals surface area contributed by atoms with E-state index in [1.807, 2.05) is 24.2 Å². The van der Waals surface area contributed by atoms with E-state index in [0.717, 1.165) is 29.8 Å². The van der Waals surface area contributed by atoms with Gasteiger partial charge in [-0.25, -0.2) is 9.97 Å². The predicted molar refractivity (Wildman–Crippen MR) is 88.3 cm³/mol. The number of aromatic amines is 1. The molecule has 0 spiro atoms. The van der Waals surface area contributed by atoms with Crippen molar-refractivity contribution in [3.63, 3.8) is 0 Å². The lowest BCUT2D eigenvalue weighted by atomic mass is 9.92. The number of anilines is 1. The molecule has 0 aliphatic carbocycles. The third-order valence-electron chi connectivity index (χ3n) is 4.70. The molecule has 1 aliphatic heterocycles. The maximum atomic E-state index is 12.1. The molecule has 2 aromatic rings. The number of nitrogens with one attached hydrogen (secondary N) is 1. The lowest BCUT2D eigenvalue weighted by molar-refractivity contribution is -0.136. The van der Waals surface area contributed by atoms with Crippen molar-refractivity contribution < 1.29 is 9.53 Å². The van der Waals surface area contributed by atoms with Gasteiger partial charge in [-0.1, -0.05) is 6.92 Å². The third kappa shape index (κ3) is 3.01. The summed E-state index contributed by atoms with van der Waals surface area (Å²) in [5.41, 5.74) is 0.831. The van der Waals surface area contributed by atoms with Crippen LogP contribution in [-0.2, 0) is 9.53 Å². The Labute approximate surface area is 135 Å². The van der Waals surface area contributed by atoms with Crippen molar-refractivity contribution in [1.82, 2.24) is 19.9 Å². The fourth-order valence-corrected chi connectivity index (χ4v) is 3.29. The molecule has 7 nitrogen and oxygen atoms in total. The van der Waals surface area contributed by atoms with E-state index in [0.29, 0.717) is 12.5 Å². The maximum absolute atomic E-state index is 12.1. The highest BCUT2D eigenvalue weighted by Gasteiger charge is 2.32. The Morgan fingerprint density at radius 1 is 1.52 bits per heavy atom. The van der Waals surface area contributed by atoms with E-state index in [4.69, 9.17) is 4.74 Å². The Morgan fingerprint density at radius 3 is 3.13 bits per heavy atom. The topological polar surface area (TPSA) is 74.3 Å². The molecular formula is C16H23N5O2. The zero-order chi connectivity index (χ0) is 16.4. The first-order valence-corrected chi connectivity index (χ1v) is 7.89. The lowest BCUT2D eigenvalue weighted by Crippen LogP contribution is -2.53. The maximum Gasteiger partial charge on any atom is 0.248 e. The molecule has 2 unspecified atom stereocenters. The molecule has 1 N–H and O–H groups in total. The molecule has 0 saturated carbocycles. The van der Waals surface area contributed by atoms with Crippen LogP contribution in [-0.4, -0.2) is 65.7 Å². The highest BCUT2D eigenvalue weighted by molar-refractivity contribution is 5.87. The number of hydrogen-bond acceptors (Lipinski definition) is 5. The molecule has 7 heteroatoms. The Balaban J connectivity index is 1.83. The standard InChI is InChI=1S/C16H23N5O2/c1-11-5-7-21(14(22)9-23-3)8-13(11)20(2)16-12-4-6-17-15(12)18-10-19-16/h4,6,10-11,13H,5,7-9H2,1-3H3,(H,17,18,19). The number of fused-ring (bicyclic) bond motifs is 1. The number of hydrogen-bond donors (Lipinski definition) is 1. The summed E-state index contributed by atoms with van der Waals surface area (Å²) in [6.07, 6.45) is 4.42.